The first-order valence-corrected chi connectivity index (χ1v) is 9.40. The molecule has 154 valence electrons. The van der Waals surface area contributed by atoms with Crippen LogP contribution >= 0.6 is 0 Å². The number of anilines is 1. The molecule has 4 rings (SSSR count). The van der Waals surface area contributed by atoms with Crippen LogP contribution in [0.15, 0.2) is 42.5 Å². The number of fused-ring (bicyclic) bond motifs is 1. The average Bonchev–Trinajstić information content (AvgIpc) is 3.04. The number of imide groups is 1. The van der Waals surface area contributed by atoms with Gasteiger partial charge in [0.2, 0.25) is 11.8 Å². The molecule has 1 fully saturated rings. The number of hydrogen-bond acceptors (Lipinski definition) is 6. The maximum Gasteiger partial charge on any atom is 0.262 e. The van der Waals surface area contributed by atoms with Gasteiger partial charge in [0.15, 0.2) is 6.61 Å². The number of carbonyl (C=O) groups is 4. The standard InChI is InChI=1S/C21H19N3O6/c25-17-4-2-1-3-15(17)22-19(27)11-30-13-5-6-14-12(9-13)10-24(21(14)29)16-7-8-18(26)23-20(16)28/h1-6,9,16,25H,7-8,10-11H2,(H,22,27)(H,23,26,28). The van der Waals surface area contributed by atoms with Gasteiger partial charge in [-0.2, -0.15) is 0 Å². The molecule has 1 saturated heterocycles. The lowest BCUT2D eigenvalue weighted by atomic mass is 10.0. The van der Waals surface area contributed by atoms with Gasteiger partial charge in [-0.25, -0.2) is 0 Å². The van der Waals surface area contributed by atoms with Crippen LogP contribution in [0.2, 0.25) is 0 Å². The number of aromatic hydroxyl groups is 1. The van der Waals surface area contributed by atoms with Gasteiger partial charge in [0.05, 0.1) is 5.69 Å². The lowest BCUT2D eigenvalue weighted by molar-refractivity contribution is -0.137. The van der Waals surface area contributed by atoms with Crippen molar-refractivity contribution in [1.29, 1.82) is 0 Å². The summed E-state index contributed by atoms with van der Waals surface area (Å²) in [5, 5.41) is 14.5. The summed E-state index contributed by atoms with van der Waals surface area (Å²) in [6, 6.07) is 10.5. The third-order valence-electron chi connectivity index (χ3n) is 5.04. The predicted octanol–water partition coefficient (Wildman–Crippen LogP) is 1.17. The summed E-state index contributed by atoms with van der Waals surface area (Å²) < 4.78 is 5.51. The minimum absolute atomic E-state index is 0.0459. The second-order valence-electron chi connectivity index (χ2n) is 7.07. The van der Waals surface area contributed by atoms with Crippen molar-refractivity contribution in [3.05, 3.63) is 53.6 Å². The smallest absolute Gasteiger partial charge is 0.262 e. The second kappa shape index (κ2) is 7.86. The van der Waals surface area contributed by atoms with E-state index in [9.17, 15) is 24.3 Å². The number of rotatable bonds is 5. The molecule has 0 saturated carbocycles. The van der Waals surface area contributed by atoms with E-state index >= 15 is 0 Å². The summed E-state index contributed by atoms with van der Waals surface area (Å²) in [6.45, 7) is -0.0559. The Labute approximate surface area is 171 Å². The first-order chi connectivity index (χ1) is 14.4. The number of hydrogen-bond donors (Lipinski definition) is 3. The first kappa shape index (κ1) is 19.4. The number of para-hydroxylation sites is 2. The van der Waals surface area contributed by atoms with Crippen molar-refractivity contribution in [3.8, 4) is 11.5 Å². The number of phenolic OH excluding ortho intramolecular Hbond substituents is 1. The Morgan fingerprint density at radius 3 is 2.77 bits per heavy atom. The number of carbonyl (C=O) groups excluding carboxylic acids is 4. The average molecular weight is 409 g/mol. The molecule has 2 aliphatic rings. The maximum atomic E-state index is 12.7. The summed E-state index contributed by atoms with van der Waals surface area (Å²) in [5.74, 6) is -1.17. The molecule has 0 radical (unpaired) electrons. The fourth-order valence-corrected chi connectivity index (χ4v) is 3.56. The summed E-state index contributed by atoms with van der Waals surface area (Å²) in [6.07, 6.45) is 0.483. The Balaban J connectivity index is 1.39. The SMILES string of the molecule is O=C1CCC(N2Cc3cc(OCC(=O)Nc4ccccc4O)ccc3C2=O)C(=O)N1. The van der Waals surface area contributed by atoms with Crippen LogP contribution in [0.4, 0.5) is 5.69 Å². The fraction of sp³-hybridized carbons (Fsp3) is 0.238. The molecule has 3 N–H and O–H groups in total. The van der Waals surface area contributed by atoms with Gasteiger partial charge in [0.25, 0.3) is 11.8 Å². The highest BCUT2D eigenvalue weighted by Crippen LogP contribution is 2.30. The van der Waals surface area contributed by atoms with Crippen LogP contribution < -0.4 is 15.4 Å². The fourth-order valence-electron chi connectivity index (χ4n) is 3.56. The van der Waals surface area contributed by atoms with Crippen molar-refractivity contribution in [2.45, 2.75) is 25.4 Å². The Morgan fingerprint density at radius 2 is 2.00 bits per heavy atom. The van der Waals surface area contributed by atoms with Gasteiger partial charge in [0, 0.05) is 18.5 Å². The molecule has 1 atom stereocenters. The van der Waals surface area contributed by atoms with Crippen molar-refractivity contribution in [1.82, 2.24) is 10.2 Å². The largest absolute Gasteiger partial charge is 0.506 e. The Bertz CT molecular complexity index is 1050. The number of amides is 4. The Morgan fingerprint density at radius 1 is 1.20 bits per heavy atom. The molecular weight excluding hydrogens is 390 g/mol. The summed E-state index contributed by atoms with van der Waals surface area (Å²) >= 11 is 0. The van der Waals surface area contributed by atoms with Crippen molar-refractivity contribution in [2.75, 3.05) is 11.9 Å². The highest BCUT2D eigenvalue weighted by atomic mass is 16.5. The van der Waals surface area contributed by atoms with Crippen molar-refractivity contribution < 1.29 is 29.0 Å². The first-order valence-electron chi connectivity index (χ1n) is 9.40. The molecule has 2 aliphatic heterocycles. The number of phenols is 1. The van der Waals surface area contributed by atoms with Gasteiger partial charge >= 0.3 is 0 Å². The predicted molar refractivity (Wildman–Crippen MR) is 105 cm³/mol. The molecule has 0 aromatic heterocycles. The van der Waals surface area contributed by atoms with Crippen molar-refractivity contribution in [2.24, 2.45) is 0 Å². The van der Waals surface area contributed by atoms with Crippen LogP contribution in [0.5, 0.6) is 11.5 Å². The Hall–Kier alpha value is -3.88. The molecule has 1 unspecified atom stereocenters. The monoisotopic (exact) mass is 409 g/mol. The summed E-state index contributed by atoms with van der Waals surface area (Å²) in [7, 11) is 0. The molecule has 2 aromatic carbocycles. The van der Waals surface area contributed by atoms with Crippen molar-refractivity contribution >= 4 is 29.3 Å². The van der Waals surface area contributed by atoms with Crippen LogP contribution in [0.1, 0.15) is 28.8 Å². The van der Waals surface area contributed by atoms with E-state index in [0.717, 1.165) is 0 Å². The highest BCUT2D eigenvalue weighted by Gasteiger charge is 2.39. The molecular formula is C21H19N3O6. The van der Waals surface area contributed by atoms with E-state index in [1.54, 1.807) is 36.4 Å². The summed E-state index contributed by atoms with van der Waals surface area (Å²) in [5.41, 5.74) is 1.43. The molecule has 0 spiro atoms. The number of benzene rings is 2. The lowest BCUT2D eigenvalue weighted by Crippen LogP contribution is -2.52. The van der Waals surface area contributed by atoms with Crippen LogP contribution in [-0.4, -0.2) is 46.3 Å². The summed E-state index contributed by atoms with van der Waals surface area (Å²) in [4.78, 5) is 49.6. The van der Waals surface area contributed by atoms with Gasteiger partial charge in [-0.05, 0) is 42.3 Å². The number of nitrogens with one attached hydrogen (secondary N) is 2. The molecule has 0 bridgehead atoms. The van der Waals surface area contributed by atoms with E-state index in [0.29, 0.717) is 23.3 Å². The zero-order chi connectivity index (χ0) is 21.3. The van der Waals surface area contributed by atoms with E-state index in [-0.39, 0.29) is 42.8 Å². The number of piperidine rings is 1. The number of nitrogens with zero attached hydrogens (tertiary/aromatic N) is 1. The zero-order valence-electron chi connectivity index (χ0n) is 15.9. The molecule has 2 aromatic rings. The number of ether oxygens (including phenoxy) is 1. The van der Waals surface area contributed by atoms with Crippen LogP contribution in [0.25, 0.3) is 0 Å². The zero-order valence-corrected chi connectivity index (χ0v) is 15.9. The normalized spacial score (nSPS) is 18.1. The second-order valence-corrected chi connectivity index (χ2v) is 7.07. The van der Waals surface area contributed by atoms with Gasteiger partial charge < -0.3 is 20.1 Å². The third kappa shape index (κ3) is 3.82. The van der Waals surface area contributed by atoms with Gasteiger partial charge in [-0.15, -0.1) is 0 Å². The Kier molecular flexibility index (Phi) is 5.09. The van der Waals surface area contributed by atoms with Gasteiger partial charge in [-0.1, -0.05) is 12.1 Å². The van der Waals surface area contributed by atoms with E-state index in [1.165, 1.54) is 11.0 Å². The van der Waals surface area contributed by atoms with Crippen molar-refractivity contribution in [3.63, 3.8) is 0 Å². The molecule has 30 heavy (non-hydrogen) atoms. The van der Waals surface area contributed by atoms with E-state index < -0.39 is 17.9 Å². The van der Waals surface area contributed by atoms with Crippen LogP contribution in [-0.2, 0) is 20.9 Å². The van der Waals surface area contributed by atoms with E-state index in [4.69, 9.17) is 4.74 Å². The van der Waals surface area contributed by atoms with E-state index in [1.807, 2.05) is 0 Å². The maximum absolute atomic E-state index is 12.7. The topological polar surface area (TPSA) is 125 Å². The lowest BCUT2D eigenvalue weighted by Gasteiger charge is -2.29. The molecule has 9 heteroatoms. The molecule has 2 heterocycles. The van der Waals surface area contributed by atoms with Crippen LogP contribution in [0, 0.1) is 0 Å². The molecule has 0 aliphatic carbocycles. The molecule has 9 nitrogen and oxygen atoms in total. The molecule has 4 amide bonds. The van der Waals surface area contributed by atoms with Gasteiger partial charge in [0.1, 0.15) is 17.5 Å². The van der Waals surface area contributed by atoms with E-state index in [2.05, 4.69) is 10.6 Å². The minimum Gasteiger partial charge on any atom is -0.506 e. The highest BCUT2D eigenvalue weighted by molar-refractivity contribution is 6.05. The van der Waals surface area contributed by atoms with Crippen LogP contribution in [0.3, 0.4) is 0 Å². The quantitative estimate of drug-likeness (QED) is 0.503. The third-order valence-corrected chi connectivity index (χ3v) is 5.04. The van der Waals surface area contributed by atoms with Gasteiger partial charge in [-0.3, -0.25) is 24.5 Å². The minimum atomic E-state index is -0.684.